The molecule has 1 unspecified atom stereocenters. The fraction of sp³-hybridized carbons (Fsp3) is 0.615. The summed E-state index contributed by atoms with van der Waals surface area (Å²) in [7, 11) is 1.68. The molecule has 1 aromatic rings. The zero-order valence-corrected chi connectivity index (χ0v) is 10.9. The number of nitrogens with one attached hydrogen (secondary N) is 2. The Hall–Kier alpha value is -1.33. The van der Waals surface area contributed by atoms with E-state index in [9.17, 15) is 4.79 Å². The second kappa shape index (κ2) is 5.54. The Bertz CT molecular complexity index is 408. The Balaban J connectivity index is 1.94. The molecule has 5 nitrogen and oxygen atoms in total. The molecule has 2 heterocycles. The lowest BCUT2D eigenvalue weighted by Crippen LogP contribution is -2.53. The molecule has 1 aliphatic heterocycles. The summed E-state index contributed by atoms with van der Waals surface area (Å²) < 4.78 is 10.4. The van der Waals surface area contributed by atoms with E-state index in [4.69, 9.17) is 9.15 Å². The number of ether oxygens (including phenoxy) is 1. The number of amides is 1. The number of aryl methyl sites for hydroxylation is 1. The number of hydrogen-bond donors (Lipinski definition) is 2. The fourth-order valence-electron chi connectivity index (χ4n) is 2.44. The molecular formula is C13H20N2O3. The molecular weight excluding hydrogens is 232 g/mol. The smallest absolute Gasteiger partial charge is 0.254 e. The van der Waals surface area contributed by atoms with Crippen LogP contribution in [0, 0.1) is 6.92 Å². The fourth-order valence-corrected chi connectivity index (χ4v) is 2.44. The number of rotatable bonds is 5. The molecule has 1 aromatic heterocycles. The minimum Gasteiger partial charge on any atom is -0.469 e. The molecule has 0 radical (unpaired) electrons. The molecule has 0 bridgehead atoms. The van der Waals surface area contributed by atoms with Crippen molar-refractivity contribution in [3.8, 4) is 0 Å². The van der Waals surface area contributed by atoms with Crippen LogP contribution in [0.3, 0.4) is 0 Å². The van der Waals surface area contributed by atoms with Crippen molar-refractivity contribution < 1.29 is 13.9 Å². The minimum atomic E-state index is -0.123. The Labute approximate surface area is 107 Å². The Kier molecular flexibility index (Phi) is 4.04. The maximum Gasteiger partial charge on any atom is 0.254 e. The number of furan rings is 1. The SMILES string of the molecule is COCC1(CNC(=O)c2ccoc2C)CCCN1. The lowest BCUT2D eigenvalue weighted by Gasteiger charge is -2.28. The summed E-state index contributed by atoms with van der Waals surface area (Å²) in [5, 5.41) is 6.38. The molecule has 5 heteroatoms. The van der Waals surface area contributed by atoms with E-state index >= 15 is 0 Å². The van der Waals surface area contributed by atoms with Gasteiger partial charge in [0.1, 0.15) is 5.76 Å². The van der Waals surface area contributed by atoms with Crippen LogP contribution in [0.5, 0.6) is 0 Å². The average Bonchev–Trinajstić information content (AvgIpc) is 2.97. The molecule has 100 valence electrons. The van der Waals surface area contributed by atoms with Crippen molar-refractivity contribution in [1.82, 2.24) is 10.6 Å². The molecule has 1 atom stereocenters. The van der Waals surface area contributed by atoms with Gasteiger partial charge in [-0.05, 0) is 32.4 Å². The molecule has 0 spiro atoms. The second-order valence-electron chi connectivity index (χ2n) is 4.82. The zero-order chi connectivity index (χ0) is 13.0. The van der Waals surface area contributed by atoms with E-state index in [1.165, 1.54) is 6.26 Å². The van der Waals surface area contributed by atoms with Gasteiger partial charge in [0.2, 0.25) is 0 Å². The van der Waals surface area contributed by atoms with Gasteiger partial charge in [-0.15, -0.1) is 0 Å². The lowest BCUT2D eigenvalue weighted by atomic mass is 9.98. The van der Waals surface area contributed by atoms with Crippen LogP contribution in [-0.2, 0) is 4.74 Å². The van der Waals surface area contributed by atoms with Crippen LogP contribution < -0.4 is 10.6 Å². The van der Waals surface area contributed by atoms with Crippen molar-refractivity contribution in [3.05, 3.63) is 23.7 Å². The normalized spacial score (nSPS) is 23.2. The number of methoxy groups -OCH3 is 1. The molecule has 1 aliphatic rings. The number of carbonyl (C=O) groups is 1. The summed E-state index contributed by atoms with van der Waals surface area (Å²) in [6.07, 6.45) is 3.67. The van der Waals surface area contributed by atoms with Gasteiger partial charge < -0.3 is 19.8 Å². The van der Waals surface area contributed by atoms with Crippen LogP contribution >= 0.6 is 0 Å². The molecule has 0 saturated carbocycles. The zero-order valence-electron chi connectivity index (χ0n) is 10.9. The summed E-state index contributed by atoms with van der Waals surface area (Å²) in [4.78, 5) is 12.0. The van der Waals surface area contributed by atoms with E-state index in [1.54, 1.807) is 20.1 Å². The van der Waals surface area contributed by atoms with Gasteiger partial charge in [0.25, 0.3) is 5.91 Å². The molecule has 18 heavy (non-hydrogen) atoms. The number of hydrogen-bond acceptors (Lipinski definition) is 4. The molecule has 1 amide bonds. The average molecular weight is 252 g/mol. The van der Waals surface area contributed by atoms with Crippen molar-refractivity contribution in [3.63, 3.8) is 0 Å². The highest BCUT2D eigenvalue weighted by atomic mass is 16.5. The van der Waals surface area contributed by atoms with Crippen molar-refractivity contribution in [2.24, 2.45) is 0 Å². The monoisotopic (exact) mass is 252 g/mol. The first-order chi connectivity index (χ1) is 8.67. The van der Waals surface area contributed by atoms with Gasteiger partial charge in [0.05, 0.1) is 24.0 Å². The standard InChI is InChI=1S/C13H20N2O3/c1-10-11(4-7-18-10)12(16)14-8-13(9-17-2)5-3-6-15-13/h4,7,15H,3,5-6,8-9H2,1-2H3,(H,14,16). The second-order valence-corrected chi connectivity index (χ2v) is 4.82. The quantitative estimate of drug-likeness (QED) is 0.823. The van der Waals surface area contributed by atoms with Gasteiger partial charge in [-0.1, -0.05) is 0 Å². The maximum atomic E-state index is 12.0. The highest BCUT2D eigenvalue weighted by Crippen LogP contribution is 2.19. The molecule has 1 fully saturated rings. The summed E-state index contributed by atoms with van der Waals surface area (Å²) in [5.74, 6) is 0.554. The number of carbonyl (C=O) groups excluding carboxylic acids is 1. The Morgan fingerprint density at radius 1 is 1.67 bits per heavy atom. The first kappa shape index (κ1) is 13.1. The van der Waals surface area contributed by atoms with E-state index < -0.39 is 0 Å². The van der Waals surface area contributed by atoms with Gasteiger partial charge in [-0.3, -0.25) is 4.79 Å². The third-order valence-electron chi connectivity index (χ3n) is 3.44. The third-order valence-corrected chi connectivity index (χ3v) is 3.44. The van der Waals surface area contributed by atoms with Crippen LogP contribution in [0.25, 0.3) is 0 Å². The topological polar surface area (TPSA) is 63.5 Å². The van der Waals surface area contributed by atoms with Crippen molar-refractivity contribution in [2.75, 3.05) is 26.8 Å². The van der Waals surface area contributed by atoms with Crippen molar-refractivity contribution in [1.29, 1.82) is 0 Å². The van der Waals surface area contributed by atoms with Gasteiger partial charge in [0.15, 0.2) is 0 Å². The molecule has 2 N–H and O–H groups in total. The Morgan fingerprint density at radius 2 is 2.50 bits per heavy atom. The van der Waals surface area contributed by atoms with Crippen LogP contribution in [0.2, 0.25) is 0 Å². The third kappa shape index (κ3) is 2.73. The largest absolute Gasteiger partial charge is 0.469 e. The van der Waals surface area contributed by atoms with Gasteiger partial charge in [-0.25, -0.2) is 0 Å². The van der Waals surface area contributed by atoms with Gasteiger partial charge >= 0.3 is 0 Å². The first-order valence-corrected chi connectivity index (χ1v) is 6.23. The van der Waals surface area contributed by atoms with Crippen LogP contribution in [0.15, 0.2) is 16.7 Å². The molecule has 2 rings (SSSR count). The van der Waals surface area contributed by atoms with E-state index in [0.717, 1.165) is 19.4 Å². The Morgan fingerprint density at radius 3 is 3.06 bits per heavy atom. The van der Waals surface area contributed by atoms with Crippen LogP contribution in [0.1, 0.15) is 29.0 Å². The summed E-state index contributed by atoms with van der Waals surface area (Å²) in [6, 6.07) is 1.69. The maximum absolute atomic E-state index is 12.0. The van der Waals surface area contributed by atoms with E-state index in [0.29, 0.717) is 24.5 Å². The van der Waals surface area contributed by atoms with E-state index in [1.807, 2.05) is 0 Å². The summed E-state index contributed by atoms with van der Waals surface area (Å²) in [6.45, 7) is 3.94. The van der Waals surface area contributed by atoms with Crippen LogP contribution in [0.4, 0.5) is 0 Å². The first-order valence-electron chi connectivity index (χ1n) is 6.23. The summed E-state index contributed by atoms with van der Waals surface area (Å²) in [5.41, 5.74) is 0.475. The highest BCUT2D eigenvalue weighted by Gasteiger charge is 2.33. The van der Waals surface area contributed by atoms with Crippen molar-refractivity contribution >= 4 is 5.91 Å². The highest BCUT2D eigenvalue weighted by molar-refractivity contribution is 5.95. The van der Waals surface area contributed by atoms with Crippen LogP contribution in [-0.4, -0.2) is 38.3 Å². The predicted molar refractivity (Wildman–Crippen MR) is 67.6 cm³/mol. The van der Waals surface area contributed by atoms with E-state index in [-0.39, 0.29) is 11.4 Å². The van der Waals surface area contributed by atoms with Gasteiger partial charge in [0, 0.05) is 13.7 Å². The molecule has 0 aromatic carbocycles. The predicted octanol–water partition coefficient (Wildman–Crippen LogP) is 1.09. The minimum absolute atomic E-state index is 0.0922. The van der Waals surface area contributed by atoms with Gasteiger partial charge in [-0.2, -0.15) is 0 Å². The van der Waals surface area contributed by atoms with Crippen molar-refractivity contribution in [2.45, 2.75) is 25.3 Å². The lowest BCUT2D eigenvalue weighted by molar-refractivity contribution is 0.0891. The summed E-state index contributed by atoms with van der Waals surface area (Å²) >= 11 is 0. The molecule has 1 saturated heterocycles. The van der Waals surface area contributed by atoms with E-state index in [2.05, 4.69) is 10.6 Å². The molecule has 0 aliphatic carbocycles.